The van der Waals surface area contributed by atoms with Gasteiger partial charge in [0.2, 0.25) is 0 Å². The fraction of sp³-hybridized carbons (Fsp3) is 0.269. The zero-order valence-corrected chi connectivity index (χ0v) is 16.9. The summed E-state index contributed by atoms with van der Waals surface area (Å²) in [5.41, 5.74) is 8.07. The minimum atomic E-state index is 1.01. The number of hydrogen-bond donors (Lipinski definition) is 2. The highest BCUT2D eigenvalue weighted by molar-refractivity contribution is 5.75. The van der Waals surface area contributed by atoms with Gasteiger partial charge in [0.25, 0.3) is 0 Å². The van der Waals surface area contributed by atoms with E-state index < -0.39 is 0 Å². The Morgan fingerprint density at radius 2 is 1.10 bits per heavy atom. The summed E-state index contributed by atoms with van der Waals surface area (Å²) in [5.74, 6) is 0. The first-order valence-electron chi connectivity index (χ1n) is 10.6. The molecule has 0 amide bonds. The van der Waals surface area contributed by atoms with Crippen molar-refractivity contribution in [2.45, 2.75) is 32.1 Å². The fourth-order valence-corrected chi connectivity index (χ4v) is 3.88. The molecule has 0 radical (unpaired) electrons. The summed E-state index contributed by atoms with van der Waals surface area (Å²) in [5, 5.41) is 6.73. The first kappa shape index (κ1) is 19.3. The van der Waals surface area contributed by atoms with Crippen LogP contribution in [0.15, 0.2) is 77.8 Å². The van der Waals surface area contributed by atoms with E-state index in [4.69, 9.17) is 0 Å². The molecule has 0 fully saturated rings. The van der Waals surface area contributed by atoms with E-state index in [1.807, 2.05) is 24.4 Å². The van der Waals surface area contributed by atoms with E-state index in [1.165, 1.54) is 53.7 Å². The van der Waals surface area contributed by atoms with Gasteiger partial charge in [-0.15, -0.1) is 0 Å². The van der Waals surface area contributed by atoms with Gasteiger partial charge in [0.1, 0.15) is 0 Å². The number of fused-ring (bicyclic) bond motifs is 3. The van der Waals surface area contributed by atoms with Crippen molar-refractivity contribution < 1.29 is 0 Å². The fourth-order valence-electron chi connectivity index (χ4n) is 3.88. The second kappa shape index (κ2) is 9.92. The van der Waals surface area contributed by atoms with Crippen LogP contribution in [0.1, 0.15) is 29.5 Å². The number of aliphatic imine (C=N–C) groups is 1. The van der Waals surface area contributed by atoms with Gasteiger partial charge in [0.05, 0.1) is 5.69 Å². The molecule has 3 aromatic rings. The average molecular weight is 384 g/mol. The molecule has 0 spiro atoms. The quantitative estimate of drug-likeness (QED) is 0.497. The van der Waals surface area contributed by atoms with Gasteiger partial charge < -0.3 is 10.6 Å². The average Bonchev–Trinajstić information content (AvgIpc) is 3.29. The molecular weight excluding hydrogens is 354 g/mol. The van der Waals surface area contributed by atoms with Gasteiger partial charge in [-0.25, -0.2) is 0 Å². The molecule has 6 rings (SSSR count). The Morgan fingerprint density at radius 1 is 0.586 bits per heavy atom. The van der Waals surface area contributed by atoms with Crippen molar-refractivity contribution >= 4 is 23.3 Å². The normalized spacial score (nSPS) is 15.0. The molecule has 3 aliphatic heterocycles. The lowest BCUT2D eigenvalue weighted by atomic mass is 10.0. The van der Waals surface area contributed by atoms with Crippen LogP contribution in [-0.4, -0.2) is 19.3 Å². The van der Waals surface area contributed by atoms with E-state index in [2.05, 4.69) is 70.2 Å². The lowest BCUT2D eigenvalue weighted by Crippen LogP contribution is -2.10. The third-order valence-electron chi connectivity index (χ3n) is 5.44. The van der Waals surface area contributed by atoms with Crippen molar-refractivity contribution in [1.29, 1.82) is 0 Å². The van der Waals surface area contributed by atoms with E-state index >= 15 is 0 Å². The van der Waals surface area contributed by atoms with E-state index in [1.54, 1.807) is 0 Å². The molecule has 0 aromatic heterocycles. The number of anilines is 2. The highest BCUT2D eigenvalue weighted by Gasteiger charge is 2.06. The van der Waals surface area contributed by atoms with E-state index in [-0.39, 0.29) is 0 Å². The predicted molar refractivity (Wildman–Crippen MR) is 125 cm³/mol. The number of nitrogens with zero attached hydrogens (tertiary/aromatic N) is 1. The molecule has 0 saturated carbocycles. The molecular formula is C26H29N3. The number of rotatable bonds is 0. The van der Waals surface area contributed by atoms with Crippen LogP contribution in [0.2, 0.25) is 0 Å². The topological polar surface area (TPSA) is 36.4 Å². The number of aryl methyl sites for hydroxylation is 2. The van der Waals surface area contributed by atoms with Gasteiger partial charge in [-0.05, 0) is 60.6 Å². The van der Waals surface area contributed by atoms with Gasteiger partial charge in [-0.2, -0.15) is 0 Å². The maximum atomic E-state index is 4.17. The molecule has 148 valence electrons. The van der Waals surface area contributed by atoms with Crippen molar-refractivity contribution in [3.8, 4) is 0 Å². The Kier molecular flexibility index (Phi) is 6.59. The van der Waals surface area contributed by atoms with Crippen LogP contribution in [0.5, 0.6) is 0 Å². The standard InChI is InChI=1S/2C9H11N.C8H7N/c2*1-2-6-9-8(4-1)5-3-7-10-9;1-2-4-8-7(3-1)5-6-9-8/h2*1-2,4,6,10H,3,5,7H2;1-4,6H,5H2. The van der Waals surface area contributed by atoms with E-state index in [9.17, 15) is 0 Å². The summed E-state index contributed by atoms with van der Waals surface area (Å²) < 4.78 is 0. The molecule has 3 heterocycles. The summed E-state index contributed by atoms with van der Waals surface area (Å²) in [6.45, 7) is 2.27. The summed E-state index contributed by atoms with van der Waals surface area (Å²) in [7, 11) is 0. The van der Waals surface area contributed by atoms with E-state index in [0.29, 0.717) is 0 Å². The second-order valence-corrected chi connectivity index (χ2v) is 7.52. The van der Waals surface area contributed by atoms with Crippen molar-refractivity contribution in [2.24, 2.45) is 4.99 Å². The highest BCUT2D eigenvalue weighted by Crippen LogP contribution is 2.22. The maximum Gasteiger partial charge on any atom is 0.0661 e. The Labute approximate surface area is 173 Å². The molecule has 0 unspecified atom stereocenters. The molecule has 0 atom stereocenters. The van der Waals surface area contributed by atoms with Gasteiger partial charge in [-0.3, -0.25) is 4.99 Å². The number of hydrogen-bond acceptors (Lipinski definition) is 3. The van der Waals surface area contributed by atoms with Crippen LogP contribution in [0, 0.1) is 0 Å². The largest absolute Gasteiger partial charge is 0.385 e. The smallest absolute Gasteiger partial charge is 0.0661 e. The van der Waals surface area contributed by atoms with Crippen LogP contribution >= 0.6 is 0 Å². The third-order valence-corrected chi connectivity index (χ3v) is 5.44. The Bertz CT molecular complexity index is 860. The Balaban J connectivity index is 0.000000106. The lowest BCUT2D eigenvalue weighted by Gasteiger charge is -2.16. The Hall–Kier alpha value is -3.07. The van der Waals surface area contributed by atoms with Crippen LogP contribution in [-0.2, 0) is 19.3 Å². The van der Waals surface area contributed by atoms with Gasteiger partial charge in [-0.1, -0.05) is 54.6 Å². The Morgan fingerprint density at radius 3 is 1.66 bits per heavy atom. The summed E-state index contributed by atoms with van der Waals surface area (Å²) >= 11 is 0. The van der Waals surface area contributed by atoms with Crippen molar-refractivity contribution in [3.63, 3.8) is 0 Å². The lowest BCUT2D eigenvalue weighted by molar-refractivity contribution is 0.830. The first-order chi connectivity index (χ1) is 14.4. The molecule has 29 heavy (non-hydrogen) atoms. The van der Waals surface area contributed by atoms with Crippen LogP contribution in [0.4, 0.5) is 17.1 Å². The van der Waals surface area contributed by atoms with Crippen LogP contribution in [0.25, 0.3) is 0 Å². The zero-order chi connectivity index (χ0) is 19.7. The minimum absolute atomic E-state index is 1.01. The molecule has 3 heteroatoms. The molecule has 2 N–H and O–H groups in total. The van der Waals surface area contributed by atoms with Crippen molar-refractivity contribution in [1.82, 2.24) is 0 Å². The molecule has 0 aliphatic carbocycles. The second-order valence-electron chi connectivity index (χ2n) is 7.52. The summed E-state index contributed by atoms with van der Waals surface area (Å²) in [6.07, 6.45) is 7.99. The van der Waals surface area contributed by atoms with Gasteiger partial charge in [0.15, 0.2) is 0 Å². The zero-order valence-electron chi connectivity index (χ0n) is 16.9. The van der Waals surface area contributed by atoms with Crippen molar-refractivity contribution in [3.05, 3.63) is 89.5 Å². The summed E-state index contributed by atoms with van der Waals surface area (Å²) in [6, 6.07) is 25.3. The monoisotopic (exact) mass is 383 g/mol. The van der Waals surface area contributed by atoms with Crippen LogP contribution in [0.3, 0.4) is 0 Å². The molecule has 3 aromatic carbocycles. The SMILES string of the molecule is C1=Nc2ccccc2C1.c1ccc2c(c1)CCCN2.c1ccc2c(c1)CCCN2. The van der Waals surface area contributed by atoms with Crippen molar-refractivity contribution in [2.75, 3.05) is 23.7 Å². The highest BCUT2D eigenvalue weighted by atomic mass is 14.9. The first-order valence-corrected chi connectivity index (χ1v) is 10.6. The predicted octanol–water partition coefficient (Wildman–Crippen LogP) is 6.03. The third kappa shape index (κ3) is 5.26. The van der Waals surface area contributed by atoms with Gasteiger partial charge >= 0.3 is 0 Å². The number of benzene rings is 3. The molecule has 3 nitrogen and oxygen atoms in total. The van der Waals surface area contributed by atoms with E-state index in [0.717, 1.165) is 25.2 Å². The number of nitrogens with one attached hydrogen (secondary N) is 2. The minimum Gasteiger partial charge on any atom is -0.385 e. The maximum absolute atomic E-state index is 4.17. The molecule has 0 bridgehead atoms. The summed E-state index contributed by atoms with van der Waals surface area (Å²) in [4.78, 5) is 4.17. The molecule has 3 aliphatic rings. The van der Waals surface area contributed by atoms with Gasteiger partial charge in [0, 0.05) is 37.1 Å². The number of para-hydroxylation sites is 3. The van der Waals surface area contributed by atoms with Crippen LogP contribution < -0.4 is 10.6 Å². The molecule has 0 saturated heterocycles.